The molecule has 0 fully saturated rings. The van der Waals surface area contributed by atoms with E-state index in [0.29, 0.717) is 23.1 Å². The number of aliphatic hydroxyl groups is 1. The predicted molar refractivity (Wildman–Crippen MR) is 122 cm³/mol. The van der Waals surface area contributed by atoms with Crippen LogP contribution in [0.5, 0.6) is 0 Å². The van der Waals surface area contributed by atoms with E-state index in [2.05, 4.69) is 23.3 Å². The monoisotopic (exact) mass is 420 g/mol. The molecule has 0 aliphatic carbocycles. The molecule has 1 aromatic heterocycles. The van der Waals surface area contributed by atoms with Crippen molar-refractivity contribution in [3.05, 3.63) is 46.4 Å². The SMILES string of the molecule is CCCCN(CCCC)C[C@@H](O)Cn1c2ccc(Cl)cc2c2cc(Cl)ccc21. The van der Waals surface area contributed by atoms with Crippen LogP contribution >= 0.6 is 23.2 Å². The molecule has 152 valence electrons. The van der Waals surface area contributed by atoms with E-state index in [1.165, 1.54) is 25.7 Å². The summed E-state index contributed by atoms with van der Waals surface area (Å²) in [5.41, 5.74) is 2.16. The van der Waals surface area contributed by atoms with Gasteiger partial charge in [-0.25, -0.2) is 0 Å². The number of aliphatic hydroxyl groups excluding tert-OH is 1. The van der Waals surface area contributed by atoms with Crippen LogP contribution in [-0.4, -0.2) is 40.3 Å². The van der Waals surface area contributed by atoms with Gasteiger partial charge in [0.05, 0.1) is 12.6 Å². The van der Waals surface area contributed by atoms with Crippen molar-refractivity contribution in [3.8, 4) is 0 Å². The third kappa shape index (κ3) is 5.01. The summed E-state index contributed by atoms with van der Waals surface area (Å²) in [6.07, 6.45) is 4.25. The second-order valence-electron chi connectivity index (χ2n) is 7.60. The van der Waals surface area contributed by atoms with E-state index < -0.39 is 6.10 Å². The lowest BCUT2D eigenvalue weighted by molar-refractivity contribution is 0.0982. The van der Waals surface area contributed by atoms with Gasteiger partial charge < -0.3 is 14.6 Å². The van der Waals surface area contributed by atoms with Gasteiger partial charge in [0.25, 0.3) is 0 Å². The Morgan fingerprint density at radius 3 is 1.86 bits per heavy atom. The molecule has 3 rings (SSSR count). The topological polar surface area (TPSA) is 28.4 Å². The van der Waals surface area contributed by atoms with Crippen molar-refractivity contribution in [1.29, 1.82) is 0 Å². The number of halogens is 2. The van der Waals surface area contributed by atoms with Gasteiger partial charge in [0.15, 0.2) is 0 Å². The lowest BCUT2D eigenvalue weighted by Crippen LogP contribution is -2.36. The van der Waals surface area contributed by atoms with E-state index in [4.69, 9.17) is 23.2 Å². The number of aromatic nitrogens is 1. The van der Waals surface area contributed by atoms with E-state index in [-0.39, 0.29) is 0 Å². The minimum atomic E-state index is -0.432. The number of nitrogens with zero attached hydrogens (tertiary/aromatic N) is 2. The van der Waals surface area contributed by atoms with Crippen LogP contribution in [0.2, 0.25) is 10.0 Å². The number of fused-ring (bicyclic) bond motifs is 3. The van der Waals surface area contributed by atoms with E-state index >= 15 is 0 Å². The molecule has 2 aromatic carbocycles. The van der Waals surface area contributed by atoms with Crippen LogP contribution < -0.4 is 0 Å². The number of hydrogen-bond donors (Lipinski definition) is 1. The second kappa shape index (κ2) is 9.98. The molecule has 1 atom stereocenters. The summed E-state index contributed by atoms with van der Waals surface area (Å²) in [6, 6.07) is 11.8. The summed E-state index contributed by atoms with van der Waals surface area (Å²) in [6.45, 7) is 7.77. The first-order chi connectivity index (χ1) is 13.5. The van der Waals surface area contributed by atoms with E-state index in [9.17, 15) is 5.11 Å². The maximum Gasteiger partial charge on any atom is 0.0845 e. The Labute approximate surface area is 177 Å². The molecule has 0 amide bonds. The molecular weight excluding hydrogens is 391 g/mol. The van der Waals surface area contributed by atoms with Crippen LogP contribution in [0, 0.1) is 0 Å². The minimum Gasteiger partial charge on any atom is -0.390 e. The van der Waals surface area contributed by atoms with Gasteiger partial charge in [0.1, 0.15) is 0 Å². The lowest BCUT2D eigenvalue weighted by Gasteiger charge is -2.25. The van der Waals surface area contributed by atoms with Gasteiger partial charge in [0, 0.05) is 38.4 Å². The van der Waals surface area contributed by atoms with Gasteiger partial charge in [0.2, 0.25) is 0 Å². The first-order valence-electron chi connectivity index (χ1n) is 10.3. The first-order valence-corrected chi connectivity index (χ1v) is 11.1. The van der Waals surface area contributed by atoms with E-state index in [0.717, 1.165) is 34.9 Å². The molecule has 1 N–H and O–H groups in total. The molecule has 3 aromatic rings. The number of benzene rings is 2. The number of hydrogen-bond acceptors (Lipinski definition) is 2. The highest BCUT2D eigenvalue weighted by molar-refractivity contribution is 6.33. The summed E-state index contributed by atoms with van der Waals surface area (Å²) >= 11 is 12.5. The zero-order valence-corrected chi connectivity index (χ0v) is 18.3. The Hall–Kier alpha value is -1.26. The maximum absolute atomic E-state index is 10.9. The van der Waals surface area contributed by atoms with Gasteiger partial charge in [-0.3, -0.25) is 0 Å². The number of rotatable bonds is 10. The molecule has 0 saturated carbocycles. The van der Waals surface area contributed by atoms with Crippen molar-refractivity contribution >= 4 is 45.0 Å². The third-order valence-electron chi connectivity index (χ3n) is 5.31. The normalized spacial score (nSPS) is 13.1. The number of unbranched alkanes of at least 4 members (excludes halogenated alkanes) is 2. The molecule has 0 aliphatic rings. The molecule has 0 unspecified atom stereocenters. The van der Waals surface area contributed by atoms with Crippen LogP contribution in [0.25, 0.3) is 21.8 Å². The molecule has 3 nitrogen and oxygen atoms in total. The van der Waals surface area contributed by atoms with Gasteiger partial charge in [-0.2, -0.15) is 0 Å². The van der Waals surface area contributed by atoms with Crippen molar-refractivity contribution < 1.29 is 5.11 Å². The molecule has 0 saturated heterocycles. The van der Waals surface area contributed by atoms with E-state index in [1.54, 1.807) is 0 Å². The zero-order valence-electron chi connectivity index (χ0n) is 16.8. The van der Waals surface area contributed by atoms with Crippen molar-refractivity contribution in [2.45, 2.75) is 52.2 Å². The maximum atomic E-state index is 10.9. The highest BCUT2D eigenvalue weighted by Crippen LogP contribution is 2.33. The molecule has 0 spiro atoms. The highest BCUT2D eigenvalue weighted by atomic mass is 35.5. The Morgan fingerprint density at radius 2 is 1.39 bits per heavy atom. The molecule has 28 heavy (non-hydrogen) atoms. The molecule has 0 radical (unpaired) electrons. The van der Waals surface area contributed by atoms with Crippen molar-refractivity contribution in [2.75, 3.05) is 19.6 Å². The van der Waals surface area contributed by atoms with Crippen molar-refractivity contribution in [3.63, 3.8) is 0 Å². The zero-order chi connectivity index (χ0) is 20.1. The van der Waals surface area contributed by atoms with Crippen LogP contribution in [-0.2, 0) is 6.54 Å². The van der Waals surface area contributed by atoms with Crippen LogP contribution in [0.4, 0.5) is 0 Å². The quantitative estimate of drug-likeness (QED) is 0.412. The fourth-order valence-electron chi connectivity index (χ4n) is 3.87. The van der Waals surface area contributed by atoms with Crippen molar-refractivity contribution in [1.82, 2.24) is 9.47 Å². The molecule has 0 bridgehead atoms. The van der Waals surface area contributed by atoms with Gasteiger partial charge in [-0.15, -0.1) is 0 Å². The van der Waals surface area contributed by atoms with Crippen molar-refractivity contribution in [2.24, 2.45) is 0 Å². The fourth-order valence-corrected chi connectivity index (χ4v) is 4.21. The van der Waals surface area contributed by atoms with Gasteiger partial charge >= 0.3 is 0 Å². The lowest BCUT2D eigenvalue weighted by atomic mass is 10.1. The summed E-state index contributed by atoms with van der Waals surface area (Å²) in [5.74, 6) is 0. The standard InChI is InChI=1S/C23H30Cl2N2O/c1-3-5-11-26(12-6-4-2)15-19(28)16-27-22-9-7-17(24)13-20(22)21-14-18(25)8-10-23(21)27/h7-10,13-14,19,28H,3-6,11-12,15-16H2,1-2H3/t19-/m1/s1. The van der Waals surface area contributed by atoms with Gasteiger partial charge in [-0.05, 0) is 62.3 Å². The average Bonchev–Trinajstić information content (AvgIpc) is 2.96. The second-order valence-corrected chi connectivity index (χ2v) is 8.47. The molecular formula is C23H30Cl2N2O. The fraction of sp³-hybridized carbons (Fsp3) is 0.478. The summed E-state index contributed by atoms with van der Waals surface area (Å²) in [7, 11) is 0. The Bertz CT molecular complexity index is 854. The molecule has 5 heteroatoms. The van der Waals surface area contributed by atoms with Gasteiger partial charge in [-0.1, -0.05) is 49.9 Å². The Kier molecular flexibility index (Phi) is 7.64. The average molecular weight is 421 g/mol. The smallest absolute Gasteiger partial charge is 0.0845 e. The molecule has 1 heterocycles. The van der Waals surface area contributed by atoms with Crippen LogP contribution in [0.15, 0.2) is 36.4 Å². The van der Waals surface area contributed by atoms with Crippen LogP contribution in [0.1, 0.15) is 39.5 Å². The highest BCUT2D eigenvalue weighted by Gasteiger charge is 2.17. The van der Waals surface area contributed by atoms with E-state index in [1.807, 2.05) is 36.4 Å². The summed E-state index contributed by atoms with van der Waals surface area (Å²) < 4.78 is 2.19. The minimum absolute atomic E-state index is 0.432. The summed E-state index contributed by atoms with van der Waals surface area (Å²) in [4.78, 5) is 2.40. The third-order valence-corrected chi connectivity index (χ3v) is 5.78. The van der Waals surface area contributed by atoms with Crippen LogP contribution in [0.3, 0.4) is 0 Å². The Morgan fingerprint density at radius 1 is 0.893 bits per heavy atom. The largest absolute Gasteiger partial charge is 0.390 e. The predicted octanol–water partition coefficient (Wildman–Crippen LogP) is 6.36. The Balaban J connectivity index is 1.87. The first kappa shape index (κ1) is 21.4. The molecule has 0 aliphatic heterocycles. The summed E-state index contributed by atoms with van der Waals surface area (Å²) in [5, 5.41) is 14.5.